The zero-order valence-corrected chi connectivity index (χ0v) is 21.4. The molecule has 2 atom stereocenters. The molecule has 1 fully saturated rings. The van der Waals surface area contributed by atoms with Gasteiger partial charge in [-0.05, 0) is 62.7 Å². The summed E-state index contributed by atoms with van der Waals surface area (Å²) < 4.78 is 41.5. The lowest BCUT2D eigenvalue weighted by Crippen LogP contribution is -2.48. The van der Waals surface area contributed by atoms with Gasteiger partial charge in [0.2, 0.25) is 10.0 Å². The largest absolute Gasteiger partial charge is 0.497 e. The maximum atomic E-state index is 13.1. The van der Waals surface area contributed by atoms with E-state index in [9.17, 15) is 13.2 Å². The van der Waals surface area contributed by atoms with Crippen LogP contribution in [-0.2, 0) is 21.3 Å². The van der Waals surface area contributed by atoms with E-state index in [1.165, 1.54) is 39.9 Å². The second kappa shape index (κ2) is 9.99. The lowest BCUT2D eigenvalue weighted by molar-refractivity contribution is -0.0440. The summed E-state index contributed by atoms with van der Waals surface area (Å²) in [5.41, 5.74) is 1.33. The Morgan fingerprint density at radius 1 is 1.15 bits per heavy atom. The lowest BCUT2D eigenvalue weighted by atomic mass is 10.2. The first-order valence-corrected chi connectivity index (χ1v) is 13.5. The minimum atomic E-state index is -3.67. The molecule has 2 aromatic carbocycles. The number of benzene rings is 2. The lowest BCUT2D eigenvalue weighted by Gasteiger charge is -2.34. The Morgan fingerprint density at radius 2 is 1.82 bits per heavy atom. The van der Waals surface area contributed by atoms with Gasteiger partial charge in [0.25, 0.3) is 5.91 Å². The number of methoxy groups -OCH3 is 1. The van der Waals surface area contributed by atoms with Gasteiger partial charge in [-0.3, -0.25) is 4.79 Å². The fourth-order valence-corrected chi connectivity index (χ4v) is 6.78. The minimum absolute atomic E-state index is 0.153. The van der Waals surface area contributed by atoms with Crippen LogP contribution in [0, 0.1) is 0 Å². The summed E-state index contributed by atoms with van der Waals surface area (Å²) in [4.78, 5) is 18.1. The predicted octanol–water partition coefficient (Wildman–Crippen LogP) is 3.66. The molecule has 10 heteroatoms. The smallest absolute Gasteiger partial charge is 0.279 e. The molecule has 0 N–H and O–H groups in total. The highest BCUT2D eigenvalue weighted by Gasteiger charge is 2.32. The van der Waals surface area contributed by atoms with Crippen LogP contribution < -0.4 is 9.54 Å². The second-order valence-corrected chi connectivity index (χ2v) is 11.3. The van der Waals surface area contributed by atoms with Gasteiger partial charge in [0.15, 0.2) is 4.80 Å². The Balaban J connectivity index is 1.63. The number of carbonyl (C=O) groups is 1. The SMILES string of the molecule is CCCn1c(=NC(=O)c2ccc(S(=O)(=O)N3C[C@@H](C)O[C@H](C)C3)cc2)sc2cc(OC)ccc21. The molecule has 0 saturated carbocycles. The highest BCUT2D eigenvalue weighted by Crippen LogP contribution is 2.24. The third-order valence-corrected chi connectivity index (χ3v) is 8.55. The molecule has 0 spiro atoms. The summed E-state index contributed by atoms with van der Waals surface area (Å²) in [6.07, 6.45) is 0.549. The van der Waals surface area contributed by atoms with E-state index in [1.807, 2.05) is 36.6 Å². The van der Waals surface area contributed by atoms with Crippen molar-refractivity contribution >= 4 is 37.5 Å². The Morgan fingerprint density at radius 3 is 2.44 bits per heavy atom. The molecular formula is C24H29N3O5S2. The molecule has 1 amide bonds. The monoisotopic (exact) mass is 503 g/mol. The van der Waals surface area contributed by atoms with Crippen molar-refractivity contribution in [3.8, 4) is 5.75 Å². The van der Waals surface area contributed by atoms with Gasteiger partial charge in [-0.2, -0.15) is 9.30 Å². The van der Waals surface area contributed by atoms with Crippen LogP contribution in [0.3, 0.4) is 0 Å². The van der Waals surface area contributed by atoms with Crippen molar-refractivity contribution < 1.29 is 22.7 Å². The van der Waals surface area contributed by atoms with Crippen LogP contribution in [0.15, 0.2) is 52.4 Å². The molecule has 8 nitrogen and oxygen atoms in total. The fourth-order valence-electron chi connectivity index (χ4n) is 4.10. The van der Waals surface area contributed by atoms with Crippen LogP contribution in [-0.4, -0.2) is 55.6 Å². The Labute approximate surface area is 203 Å². The van der Waals surface area contributed by atoms with Crippen molar-refractivity contribution in [3.63, 3.8) is 0 Å². The van der Waals surface area contributed by atoms with Crippen molar-refractivity contribution in [2.75, 3.05) is 20.2 Å². The quantitative estimate of drug-likeness (QED) is 0.512. The van der Waals surface area contributed by atoms with Crippen molar-refractivity contribution in [2.24, 2.45) is 4.99 Å². The van der Waals surface area contributed by atoms with Crippen molar-refractivity contribution in [1.29, 1.82) is 0 Å². The molecule has 0 unspecified atom stereocenters. The van der Waals surface area contributed by atoms with Gasteiger partial charge in [-0.25, -0.2) is 8.42 Å². The van der Waals surface area contributed by atoms with Gasteiger partial charge < -0.3 is 14.0 Å². The molecule has 0 bridgehead atoms. The van der Waals surface area contributed by atoms with Crippen LogP contribution in [0.4, 0.5) is 0 Å². The zero-order chi connectivity index (χ0) is 24.5. The highest BCUT2D eigenvalue weighted by molar-refractivity contribution is 7.89. The summed E-state index contributed by atoms with van der Waals surface area (Å²) in [6, 6.07) is 11.8. The van der Waals surface area contributed by atoms with Gasteiger partial charge >= 0.3 is 0 Å². The van der Waals surface area contributed by atoms with Crippen LogP contribution >= 0.6 is 11.3 Å². The molecule has 1 aliphatic heterocycles. The third kappa shape index (κ3) is 4.95. The van der Waals surface area contributed by atoms with Crippen LogP contribution in [0.5, 0.6) is 5.75 Å². The molecule has 34 heavy (non-hydrogen) atoms. The average molecular weight is 504 g/mol. The molecular weight excluding hydrogens is 474 g/mol. The van der Waals surface area contributed by atoms with Crippen molar-refractivity contribution in [1.82, 2.24) is 8.87 Å². The summed E-state index contributed by atoms with van der Waals surface area (Å²) in [6.45, 7) is 7.12. The molecule has 182 valence electrons. The van der Waals surface area contributed by atoms with E-state index in [0.717, 1.165) is 28.9 Å². The first-order chi connectivity index (χ1) is 16.2. The maximum Gasteiger partial charge on any atom is 0.279 e. The fraction of sp³-hybridized carbons (Fsp3) is 0.417. The van der Waals surface area contributed by atoms with Gasteiger partial charge in [-0.15, -0.1) is 0 Å². The molecule has 3 aromatic rings. The number of ether oxygens (including phenoxy) is 2. The average Bonchev–Trinajstić information content (AvgIpc) is 3.14. The number of carbonyl (C=O) groups excluding carboxylic acids is 1. The normalized spacial score (nSPS) is 20.1. The van der Waals surface area contributed by atoms with E-state index in [4.69, 9.17) is 9.47 Å². The van der Waals surface area contributed by atoms with Crippen LogP contribution in [0.2, 0.25) is 0 Å². The molecule has 4 rings (SSSR count). The molecule has 0 aliphatic carbocycles. The summed E-state index contributed by atoms with van der Waals surface area (Å²) in [5.74, 6) is 0.331. The van der Waals surface area contributed by atoms with E-state index in [2.05, 4.69) is 11.9 Å². The number of morpholine rings is 1. The van der Waals surface area contributed by atoms with Gasteiger partial charge in [-0.1, -0.05) is 18.3 Å². The van der Waals surface area contributed by atoms with Crippen molar-refractivity contribution in [2.45, 2.75) is 50.8 Å². The second-order valence-electron chi connectivity index (χ2n) is 8.39. The summed E-state index contributed by atoms with van der Waals surface area (Å²) in [7, 11) is -2.05. The number of rotatable bonds is 6. The third-order valence-electron chi connectivity index (χ3n) is 5.66. The number of nitrogens with zero attached hydrogens (tertiary/aromatic N) is 3. The predicted molar refractivity (Wildman–Crippen MR) is 132 cm³/mol. The van der Waals surface area contributed by atoms with E-state index >= 15 is 0 Å². The van der Waals surface area contributed by atoms with Gasteiger partial charge in [0.05, 0.1) is 34.4 Å². The number of hydrogen-bond acceptors (Lipinski definition) is 6. The standard InChI is InChI=1S/C24H29N3O5S2/c1-5-12-27-21-11-8-19(31-4)13-22(21)33-24(27)25-23(28)18-6-9-20(10-7-18)34(29,30)26-14-16(2)32-17(3)15-26/h6-11,13,16-17H,5,12,14-15H2,1-4H3/t16-,17-/m1/s1. The molecule has 1 saturated heterocycles. The van der Waals surface area contributed by atoms with E-state index in [-0.39, 0.29) is 17.1 Å². The van der Waals surface area contributed by atoms with Crippen LogP contribution in [0.25, 0.3) is 10.2 Å². The molecule has 2 heterocycles. The zero-order valence-electron chi connectivity index (χ0n) is 19.7. The summed E-state index contributed by atoms with van der Waals surface area (Å²) in [5, 5.41) is 0. The molecule has 0 radical (unpaired) electrons. The number of amides is 1. The van der Waals surface area contributed by atoms with E-state index < -0.39 is 15.9 Å². The molecule has 1 aromatic heterocycles. The maximum absolute atomic E-state index is 13.1. The van der Waals surface area contributed by atoms with E-state index in [0.29, 0.717) is 23.5 Å². The highest BCUT2D eigenvalue weighted by atomic mass is 32.2. The topological polar surface area (TPSA) is 90.2 Å². The number of fused-ring (bicyclic) bond motifs is 1. The first-order valence-electron chi connectivity index (χ1n) is 11.2. The molecule has 1 aliphatic rings. The van der Waals surface area contributed by atoms with E-state index in [1.54, 1.807) is 7.11 Å². The van der Waals surface area contributed by atoms with Crippen molar-refractivity contribution in [3.05, 3.63) is 52.8 Å². The number of aromatic nitrogens is 1. The Kier molecular flexibility index (Phi) is 7.22. The van der Waals surface area contributed by atoms with Gasteiger partial charge in [0.1, 0.15) is 5.75 Å². The number of aryl methyl sites for hydroxylation is 1. The van der Waals surface area contributed by atoms with Crippen LogP contribution in [0.1, 0.15) is 37.6 Å². The number of hydrogen-bond donors (Lipinski definition) is 0. The number of thiazole rings is 1. The van der Waals surface area contributed by atoms with Gasteiger partial charge in [0, 0.05) is 25.2 Å². The minimum Gasteiger partial charge on any atom is -0.497 e. The Bertz CT molecular complexity index is 1350. The number of sulfonamides is 1. The Hall–Kier alpha value is -2.53. The first kappa shape index (κ1) is 24.6. The summed E-state index contributed by atoms with van der Waals surface area (Å²) >= 11 is 1.42.